The molecule has 0 amide bonds. The molecule has 0 bridgehead atoms. The van der Waals surface area contributed by atoms with Crippen LogP contribution in [0.3, 0.4) is 0 Å². The number of rotatable bonds is 8. The maximum absolute atomic E-state index is 12.7. The van der Waals surface area contributed by atoms with Gasteiger partial charge in [-0.1, -0.05) is 0 Å². The summed E-state index contributed by atoms with van der Waals surface area (Å²) in [7, 11) is -3.46. The van der Waals surface area contributed by atoms with Crippen LogP contribution in [0.2, 0.25) is 0 Å². The van der Waals surface area contributed by atoms with Crippen LogP contribution in [-0.2, 0) is 19.5 Å². The second-order valence-corrected chi connectivity index (χ2v) is 11.5. The highest BCUT2D eigenvalue weighted by Gasteiger charge is 2.27. The van der Waals surface area contributed by atoms with Gasteiger partial charge in [0.15, 0.2) is 0 Å². The average molecular weight is 482 g/mol. The van der Waals surface area contributed by atoms with Crippen molar-refractivity contribution in [1.82, 2.24) is 14.1 Å². The highest BCUT2D eigenvalue weighted by atomic mass is 32.2. The van der Waals surface area contributed by atoms with Gasteiger partial charge in [0.2, 0.25) is 10.0 Å². The Labute approximate surface area is 198 Å². The summed E-state index contributed by atoms with van der Waals surface area (Å²) in [6.07, 6.45) is 3.13. The fourth-order valence-corrected chi connectivity index (χ4v) is 6.54. The van der Waals surface area contributed by atoms with E-state index in [0.29, 0.717) is 55.8 Å². The first kappa shape index (κ1) is 24.9. The molecule has 0 aromatic heterocycles. The van der Waals surface area contributed by atoms with Crippen LogP contribution in [0.5, 0.6) is 5.75 Å². The van der Waals surface area contributed by atoms with Crippen LogP contribution < -0.4 is 4.74 Å². The molecule has 1 aromatic rings. The van der Waals surface area contributed by atoms with E-state index in [1.54, 1.807) is 24.3 Å². The van der Waals surface area contributed by atoms with Crippen LogP contribution in [0.15, 0.2) is 29.2 Å². The van der Waals surface area contributed by atoms with Crippen molar-refractivity contribution in [3.63, 3.8) is 0 Å². The first-order valence-corrected chi connectivity index (χ1v) is 13.7. The lowest BCUT2D eigenvalue weighted by atomic mass is 9.95. The van der Waals surface area contributed by atoms with E-state index in [1.807, 2.05) is 0 Å². The summed E-state index contributed by atoms with van der Waals surface area (Å²) in [4.78, 5) is 5.35. The summed E-state index contributed by atoms with van der Waals surface area (Å²) in [6.45, 7) is 13.0. The molecule has 33 heavy (non-hydrogen) atoms. The normalized spacial score (nSPS) is 27.0. The van der Waals surface area contributed by atoms with Crippen LogP contribution in [0.4, 0.5) is 0 Å². The Morgan fingerprint density at radius 3 is 2.21 bits per heavy atom. The van der Waals surface area contributed by atoms with Gasteiger partial charge < -0.3 is 14.2 Å². The SMILES string of the molecule is CC1CN(CC2CCN(CCOc3ccc(S(=O)(=O)N4CCOCC4)cc3)CC2)CC(C)O1. The summed E-state index contributed by atoms with van der Waals surface area (Å²) < 4.78 is 43.9. The van der Waals surface area contributed by atoms with Crippen LogP contribution in [0.1, 0.15) is 26.7 Å². The van der Waals surface area contributed by atoms with Gasteiger partial charge in [0.1, 0.15) is 12.4 Å². The van der Waals surface area contributed by atoms with E-state index in [-0.39, 0.29) is 0 Å². The van der Waals surface area contributed by atoms with Gasteiger partial charge in [-0.05, 0) is 70.0 Å². The third-order valence-electron chi connectivity index (χ3n) is 6.83. The number of nitrogens with zero attached hydrogens (tertiary/aromatic N) is 3. The number of hydrogen-bond donors (Lipinski definition) is 0. The molecule has 0 aliphatic carbocycles. The smallest absolute Gasteiger partial charge is 0.243 e. The minimum Gasteiger partial charge on any atom is -0.492 e. The van der Waals surface area contributed by atoms with Crippen molar-refractivity contribution in [2.24, 2.45) is 5.92 Å². The van der Waals surface area contributed by atoms with Crippen molar-refractivity contribution in [2.75, 3.05) is 72.2 Å². The standard InChI is InChI=1S/C24H39N3O5S/c1-20-17-26(18-21(2)32-20)19-22-7-9-25(10-8-22)11-16-31-23-3-5-24(6-4-23)33(28,29)27-12-14-30-15-13-27/h3-6,20-22H,7-19H2,1-2H3. The largest absolute Gasteiger partial charge is 0.492 e. The Balaban J connectivity index is 1.16. The van der Waals surface area contributed by atoms with Crippen LogP contribution in [0, 0.1) is 5.92 Å². The summed E-state index contributed by atoms with van der Waals surface area (Å²) in [5, 5.41) is 0. The fourth-order valence-electron chi connectivity index (χ4n) is 5.13. The quantitative estimate of drug-likeness (QED) is 0.562. The van der Waals surface area contributed by atoms with Gasteiger partial charge in [0, 0.05) is 39.3 Å². The van der Waals surface area contributed by atoms with Gasteiger partial charge in [0.25, 0.3) is 0 Å². The molecule has 3 fully saturated rings. The predicted octanol–water partition coefficient (Wildman–Crippen LogP) is 1.91. The van der Waals surface area contributed by atoms with E-state index in [4.69, 9.17) is 14.2 Å². The van der Waals surface area contributed by atoms with Gasteiger partial charge in [0.05, 0.1) is 30.3 Å². The molecular formula is C24H39N3O5S. The lowest BCUT2D eigenvalue weighted by Crippen LogP contribution is -2.48. The molecule has 3 heterocycles. The van der Waals surface area contributed by atoms with Gasteiger partial charge in [-0.2, -0.15) is 4.31 Å². The molecule has 0 spiro atoms. The first-order valence-electron chi connectivity index (χ1n) is 12.3. The molecule has 3 saturated heterocycles. The molecule has 2 unspecified atom stereocenters. The van der Waals surface area contributed by atoms with Crippen molar-refractivity contribution >= 4 is 10.0 Å². The Kier molecular flexibility index (Phi) is 8.64. The van der Waals surface area contributed by atoms with E-state index >= 15 is 0 Å². The number of ether oxygens (including phenoxy) is 3. The second kappa shape index (κ2) is 11.5. The molecule has 3 aliphatic rings. The van der Waals surface area contributed by atoms with E-state index in [0.717, 1.165) is 38.6 Å². The van der Waals surface area contributed by atoms with Crippen LogP contribution >= 0.6 is 0 Å². The molecular weight excluding hydrogens is 442 g/mol. The number of benzene rings is 1. The van der Waals surface area contributed by atoms with Crippen molar-refractivity contribution in [2.45, 2.75) is 43.8 Å². The van der Waals surface area contributed by atoms with Gasteiger partial charge in [-0.15, -0.1) is 0 Å². The topological polar surface area (TPSA) is 71.6 Å². The maximum atomic E-state index is 12.7. The molecule has 0 N–H and O–H groups in total. The van der Waals surface area contributed by atoms with E-state index in [1.165, 1.54) is 23.7 Å². The van der Waals surface area contributed by atoms with E-state index in [2.05, 4.69) is 23.6 Å². The fraction of sp³-hybridized carbons (Fsp3) is 0.750. The Bertz CT molecular complexity index is 826. The van der Waals surface area contributed by atoms with Gasteiger partial charge in [-0.25, -0.2) is 8.42 Å². The molecule has 2 atom stereocenters. The summed E-state index contributed by atoms with van der Waals surface area (Å²) in [5.74, 6) is 1.47. The second-order valence-electron chi connectivity index (χ2n) is 9.60. The zero-order chi connectivity index (χ0) is 23.3. The van der Waals surface area contributed by atoms with Crippen molar-refractivity contribution < 1.29 is 22.6 Å². The molecule has 0 radical (unpaired) electrons. The van der Waals surface area contributed by atoms with Gasteiger partial charge >= 0.3 is 0 Å². The third-order valence-corrected chi connectivity index (χ3v) is 8.74. The van der Waals surface area contributed by atoms with Crippen LogP contribution in [0.25, 0.3) is 0 Å². The highest BCUT2D eigenvalue weighted by Crippen LogP contribution is 2.22. The predicted molar refractivity (Wildman–Crippen MR) is 127 cm³/mol. The summed E-state index contributed by atoms with van der Waals surface area (Å²) >= 11 is 0. The Morgan fingerprint density at radius 1 is 0.939 bits per heavy atom. The minimum atomic E-state index is -3.46. The van der Waals surface area contributed by atoms with Crippen LogP contribution in [-0.4, -0.2) is 107 Å². The monoisotopic (exact) mass is 481 g/mol. The lowest BCUT2D eigenvalue weighted by Gasteiger charge is -2.39. The number of morpholine rings is 2. The van der Waals surface area contributed by atoms with Crippen molar-refractivity contribution in [1.29, 1.82) is 0 Å². The highest BCUT2D eigenvalue weighted by molar-refractivity contribution is 7.89. The molecule has 0 saturated carbocycles. The van der Waals surface area contributed by atoms with E-state index < -0.39 is 10.0 Å². The number of hydrogen-bond acceptors (Lipinski definition) is 7. The Morgan fingerprint density at radius 2 is 1.58 bits per heavy atom. The minimum absolute atomic E-state index is 0.308. The Hall–Kier alpha value is -1.23. The molecule has 3 aliphatic heterocycles. The summed E-state index contributed by atoms with van der Waals surface area (Å²) in [6, 6.07) is 6.78. The lowest BCUT2D eigenvalue weighted by molar-refractivity contribution is -0.0732. The molecule has 1 aromatic carbocycles. The average Bonchev–Trinajstić information content (AvgIpc) is 2.80. The van der Waals surface area contributed by atoms with Crippen molar-refractivity contribution in [3.8, 4) is 5.75 Å². The zero-order valence-corrected chi connectivity index (χ0v) is 20.8. The molecule has 9 heteroatoms. The number of sulfonamides is 1. The maximum Gasteiger partial charge on any atom is 0.243 e. The number of piperidine rings is 1. The van der Waals surface area contributed by atoms with Gasteiger partial charge in [-0.3, -0.25) is 9.80 Å². The first-order chi connectivity index (χ1) is 15.9. The molecule has 186 valence electrons. The third kappa shape index (κ3) is 6.90. The molecule has 8 nitrogen and oxygen atoms in total. The van der Waals surface area contributed by atoms with Crippen molar-refractivity contribution in [3.05, 3.63) is 24.3 Å². The summed E-state index contributed by atoms with van der Waals surface area (Å²) in [5.41, 5.74) is 0. The molecule has 4 rings (SSSR count). The number of likely N-dealkylation sites (tertiary alicyclic amines) is 1. The van der Waals surface area contributed by atoms with E-state index in [9.17, 15) is 8.42 Å². The zero-order valence-electron chi connectivity index (χ0n) is 20.0.